The van der Waals surface area contributed by atoms with Crippen LogP contribution < -0.4 is 5.32 Å². The number of piperazine rings is 1. The molecule has 0 aromatic rings. The summed E-state index contributed by atoms with van der Waals surface area (Å²) in [6.07, 6.45) is 7.87. The van der Waals surface area contributed by atoms with Crippen LogP contribution in [-0.2, 0) is 14.3 Å². The number of rotatable bonds is 5. The SMILES string of the molecule is CC(=O)OC1(N(C=O)N2CCN(C3CCNCC3)CC2)CCCCC1. The second-order valence-electron chi connectivity index (χ2n) is 7.52. The summed E-state index contributed by atoms with van der Waals surface area (Å²) in [7, 11) is 0. The minimum absolute atomic E-state index is 0.304. The Bertz CT molecular complexity index is 453. The third kappa shape index (κ3) is 4.33. The highest BCUT2D eigenvalue weighted by Crippen LogP contribution is 2.35. The Morgan fingerprint density at radius 1 is 1.12 bits per heavy atom. The molecule has 0 aromatic carbocycles. The van der Waals surface area contributed by atoms with E-state index in [2.05, 4.69) is 15.2 Å². The monoisotopic (exact) mass is 352 g/mol. The zero-order valence-electron chi connectivity index (χ0n) is 15.4. The molecule has 1 saturated carbocycles. The van der Waals surface area contributed by atoms with Crippen LogP contribution in [0.4, 0.5) is 0 Å². The third-order valence-electron chi connectivity index (χ3n) is 5.91. The number of piperidine rings is 1. The predicted molar refractivity (Wildman–Crippen MR) is 94.5 cm³/mol. The van der Waals surface area contributed by atoms with E-state index in [1.807, 2.05) is 0 Å². The molecule has 0 spiro atoms. The number of nitrogens with zero attached hydrogens (tertiary/aromatic N) is 3. The number of esters is 1. The summed E-state index contributed by atoms with van der Waals surface area (Å²) < 4.78 is 5.72. The Hall–Kier alpha value is -1.18. The predicted octanol–water partition coefficient (Wildman–Crippen LogP) is 0.953. The van der Waals surface area contributed by atoms with E-state index in [4.69, 9.17) is 4.74 Å². The Morgan fingerprint density at radius 2 is 1.76 bits per heavy atom. The van der Waals surface area contributed by atoms with Gasteiger partial charge in [0.05, 0.1) is 0 Å². The molecule has 7 nitrogen and oxygen atoms in total. The van der Waals surface area contributed by atoms with Crippen molar-refractivity contribution in [1.29, 1.82) is 0 Å². The molecule has 1 amide bonds. The molecule has 2 aliphatic heterocycles. The molecule has 3 fully saturated rings. The lowest BCUT2D eigenvalue weighted by atomic mass is 9.91. The Labute approximate surface area is 150 Å². The fraction of sp³-hybridized carbons (Fsp3) is 0.889. The van der Waals surface area contributed by atoms with Crippen LogP contribution >= 0.6 is 0 Å². The number of hydrogen-bond acceptors (Lipinski definition) is 6. The van der Waals surface area contributed by atoms with Crippen molar-refractivity contribution in [2.75, 3.05) is 39.3 Å². The molecule has 7 heteroatoms. The summed E-state index contributed by atoms with van der Waals surface area (Å²) in [4.78, 5) is 26.2. The Kier molecular flexibility index (Phi) is 6.30. The van der Waals surface area contributed by atoms with Crippen molar-refractivity contribution in [3.63, 3.8) is 0 Å². The Morgan fingerprint density at radius 3 is 2.32 bits per heavy atom. The van der Waals surface area contributed by atoms with E-state index in [-0.39, 0.29) is 5.97 Å². The molecular formula is C18H32N4O3. The van der Waals surface area contributed by atoms with Gasteiger partial charge >= 0.3 is 5.97 Å². The van der Waals surface area contributed by atoms with Crippen molar-refractivity contribution in [2.24, 2.45) is 0 Å². The maximum Gasteiger partial charge on any atom is 0.304 e. The summed E-state index contributed by atoms with van der Waals surface area (Å²) in [5, 5.41) is 7.21. The summed E-state index contributed by atoms with van der Waals surface area (Å²) >= 11 is 0. The van der Waals surface area contributed by atoms with Gasteiger partial charge < -0.3 is 10.1 Å². The topological polar surface area (TPSA) is 65.1 Å². The highest BCUT2D eigenvalue weighted by atomic mass is 16.6. The molecule has 1 N–H and O–H groups in total. The number of hydrazine groups is 1. The molecule has 2 saturated heterocycles. The van der Waals surface area contributed by atoms with Gasteiger partial charge in [-0.15, -0.1) is 0 Å². The van der Waals surface area contributed by atoms with Crippen molar-refractivity contribution in [2.45, 2.75) is 63.6 Å². The highest BCUT2D eigenvalue weighted by molar-refractivity contribution is 5.67. The van der Waals surface area contributed by atoms with E-state index in [1.165, 1.54) is 19.8 Å². The minimum Gasteiger partial charge on any atom is -0.438 e. The summed E-state index contributed by atoms with van der Waals surface area (Å²) in [6, 6.07) is 0.658. The van der Waals surface area contributed by atoms with Gasteiger partial charge in [0.2, 0.25) is 12.1 Å². The minimum atomic E-state index is -0.775. The average Bonchev–Trinajstić information content (AvgIpc) is 2.64. The molecule has 25 heavy (non-hydrogen) atoms. The number of ether oxygens (including phenoxy) is 1. The third-order valence-corrected chi connectivity index (χ3v) is 5.91. The summed E-state index contributed by atoms with van der Waals surface area (Å²) in [6.45, 7) is 7.18. The van der Waals surface area contributed by atoms with E-state index in [9.17, 15) is 9.59 Å². The summed E-state index contributed by atoms with van der Waals surface area (Å²) in [5.74, 6) is -0.304. The number of amides is 1. The molecule has 3 aliphatic rings. The van der Waals surface area contributed by atoms with Crippen LogP contribution in [0, 0.1) is 0 Å². The first kappa shape index (κ1) is 18.6. The van der Waals surface area contributed by atoms with Crippen molar-refractivity contribution in [3.05, 3.63) is 0 Å². The molecule has 0 atom stereocenters. The second-order valence-corrected chi connectivity index (χ2v) is 7.52. The van der Waals surface area contributed by atoms with E-state index in [1.54, 1.807) is 5.01 Å². The van der Waals surface area contributed by atoms with Gasteiger partial charge in [-0.1, -0.05) is 6.42 Å². The number of carbonyl (C=O) groups is 2. The van der Waals surface area contributed by atoms with Crippen molar-refractivity contribution >= 4 is 12.4 Å². The maximum absolute atomic E-state index is 11.9. The van der Waals surface area contributed by atoms with Gasteiger partial charge in [0.15, 0.2) is 0 Å². The van der Waals surface area contributed by atoms with Crippen molar-refractivity contribution in [3.8, 4) is 0 Å². The van der Waals surface area contributed by atoms with E-state index in [0.29, 0.717) is 6.04 Å². The average molecular weight is 352 g/mol. The van der Waals surface area contributed by atoms with Gasteiger partial charge in [0.1, 0.15) is 0 Å². The molecule has 0 aromatic heterocycles. The first-order valence-corrected chi connectivity index (χ1v) is 9.78. The van der Waals surface area contributed by atoms with Crippen LogP contribution in [0.3, 0.4) is 0 Å². The smallest absolute Gasteiger partial charge is 0.304 e. The quantitative estimate of drug-likeness (QED) is 0.452. The zero-order chi connectivity index (χ0) is 17.7. The van der Waals surface area contributed by atoms with Gasteiger partial charge in [0.25, 0.3) is 0 Å². The largest absolute Gasteiger partial charge is 0.438 e. The Balaban J connectivity index is 1.64. The van der Waals surface area contributed by atoms with Gasteiger partial charge in [0, 0.05) is 52.0 Å². The van der Waals surface area contributed by atoms with E-state index >= 15 is 0 Å². The molecule has 3 rings (SSSR count). The van der Waals surface area contributed by atoms with Crippen LogP contribution in [0.15, 0.2) is 0 Å². The van der Waals surface area contributed by atoms with Gasteiger partial charge in [-0.3, -0.25) is 14.5 Å². The number of carbonyl (C=O) groups excluding carboxylic acids is 2. The molecule has 142 valence electrons. The summed E-state index contributed by atoms with van der Waals surface area (Å²) in [5.41, 5.74) is -0.775. The molecule has 0 radical (unpaired) electrons. The van der Waals surface area contributed by atoms with Crippen molar-refractivity contribution in [1.82, 2.24) is 20.2 Å². The molecule has 0 bridgehead atoms. The van der Waals surface area contributed by atoms with Gasteiger partial charge in [-0.25, -0.2) is 10.0 Å². The lowest BCUT2D eigenvalue weighted by Crippen LogP contribution is -2.64. The maximum atomic E-state index is 11.9. The first-order chi connectivity index (χ1) is 12.1. The van der Waals surface area contributed by atoms with Crippen LogP contribution in [0.1, 0.15) is 51.9 Å². The lowest BCUT2D eigenvalue weighted by Gasteiger charge is -2.50. The number of nitrogens with one attached hydrogen (secondary N) is 1. The molecule has 2 heterocycles. The fourth-order valence-electron chi connectivity index (χ4n) is 4.63. The normalized spacial score (nSPS) is 26.1. The second kappa shape index (κ2) is 8.47. The first-order valence-electron chi connectivity index (χ1n) is 9.78. The van der Waals surface area contributed by atoms with Crippen LogP contribution in [0.2, 0.25) is 0 Å². The number of hydrogen-bond donors (Lipinski definition) is 1. The van der Waals surface area contributed by atoms with E-state index < -0.39 is 5.72 Å². The lowest BCUT2D eigenvalue weighted by molar-refractivity contribution is -0.237. The van der Waals surface area contributed by atoms with E-state index in [0.717, 1.165) is 77.8 Å². The highest BCUT2D eigenvalue weighted by Gasteiger charge is 2.44. The zero-order valence-corrected chi connectivity index (χ0v) is 15.4. The standard InChI is InChI=1S/C18H32N4O3/c1-16(24)25-18(7-3-2-4-8-18)22(15-23)21-13-11-20(12-14-21)17-5-9-19-10-6-17/h15,17,19H,2-14H2,1H3. The van der Waals surface area contributed by atoms with Gasteiger partial charge in [-0.05, 0) is 38.8 Å². The van der Waals surface area contributed by atoms with Crippen LogP contribution in [0.25, 0.3) is 0 Å². The molecule has 0 unspecified atom stereocenters. The molecular weight excluding hydrogens is 320 g/mol. The molecule has 1 aliphatic carbocycles. The fourth-order valence-corrected chi connectivity index (χ4v) is 4.63. The van der Waals surface area contributed by atoms with Crippen LogP contribution in [-0.4, -0.2) is 78.3 Å². The van der Waals surface area contributed by atoms with Gasteiger partial charge in [-0.2, -0.15) is 0 Å². The van der Waals surface area contributed by atoms with Crippen molar-refractivity contribution < 1.29 is 14.3 Å². The van der Waals surface area contributed by atoms with Crippen LogP contribution in [0.5, 0.6) is 0 Å².